The lowest BCUT2D eigenvalue weighted by atomic mass is 10.1. The zero-order valence-corrected chi connectivity index (χ0v) is 7.06. The van der Waals surface area contributed by atoms with Crippen molar-refractivity contribution >= 4 is 15.9 Å². The number of allylic oxidation sites excluding steroid dienone is 1. The van der Waals surface area contributed by atoms with Gasteiger partial charge in [0.25, 0.3) is 0 Å². The first-order valence-electron chi connectivity index (χ1n) is 3.19. The van der Waals surface area contributed by atoms with Crippen LogP contribution in [-0.4, -0.2) is 16.5 Å². The van der Waals surface area contributed by atoms with Crippen LogP contribution in [0.25, 0.3) is 0 Å². The van der Waals surface area contributed by atoms with Gasteiger partial charge in [0.05, 0.1) is 6.61 Å². The van der Waals surface area contributed by atoms with E-state index in [1.807, 2.05) is 0 Å². The Morgan fingerprint density at radius 2 is 2.56 bits per heavy atom. The summed E-state index contributed by atoms with van der Waals surface area (Å²) in [7, 11) is 0. The number of hydrogen-bond donors (Lipinski definition) is 1. The van der Waals surface area contributed by atoms with Crippen LogP contribution in [0.2, 0.25) is 0 Å². The zero-order chi connectivity index (χ0) is 6.85. The van der Waals surface area contributed by atoms with E-state index >= 15 is 0 Å². The van der Waals surface area contributed by atoms with E-state index in [-0.39, 0.29) is 6.61 Å². The lowest BCUT2D eigenvalue weighted by Crippen LogP contribution is -1.97. The van der Waals surface area contributed by atoms with Crippen molar-refractivity contribution in [3.8, 4) is 0 Å². The molecule has 2 heteroatoms. The van der Waals surface area contributed by atoms with Gasteiger partial charge in [-0.1, -0.05) is 28.9 Å². The maximum absolute atomic E-state index is 8.77. The molecular weight excluding hydrogens is 180 g/mol. The summed E-state index contributed by atoms with van der Waals surface area (Å²) in [5.41, 5.74) is 1.18. The van der Waals surface area contributed by atoms with E-state index in [0.29, 0.717) is 10.7 Å². The average molecular weight is 191 g/mol. The third-order valence-electron chi connectivity index (χ3n) is 1.79. The Hall–Kier alpha value is 0.180. The molecule has 0 radical (unpaired) electrons. The van der Waals surface area contributed by atoms with Gasteiger partial charge in [-0.25, -0.2) is 0 Å². The molecule has 1 aliphatic carbocycles. The predicted octanol–water partition coefficient (Wildman–Crippen LogP) is 1.71. The SMILES string of the molecule is C[C@H]1C[C@@H](Br)C=C1CO. The summed E-state index contributed by atoms with van der Waals surface area (Å²) >= 11 is 3.47. The third-order valence-corrected chi connectivity index (χ3v) is 2.43. The fourth-order valence-corrected chi connectivity index (χ4v) is 2.06. The van der Waals surface area contributed by atoms with Crippen LogP contribution < -0.4 is 0 Å². The van der Waals surface area contributed by atoms with Gasteiger partial charge in [-0.05, 0) is 17.9 Å². The summed E-state index contributed by atoms with van der Waals surface area (Å²) in [4.78, 5) is 0.495. The van der Waals surface area contributed by atoms with Crippen molar-refractivity contribution in [2.24, 2.45) is 5.92 Å². The molecule has 2 atom stereocenters. The van der Waals surface area contributed by atoms with E-state index in [1.54, 1.807) is 0 Å². The lowest BCUT2D eigenvalue weighted by Gasteiger charge is -2.03. The highest BCUT2D eigenvalue weighted by Gasteiger charge is 2.19. The molecule has 0 heterocycles. The monoisotopic (exact) mass is 190 g/mol. The Labute approximate surface area is 63.9 Å². The van der Waals surface area contributed by atoms with Crippen molar-refractivity contribution in [2.45, 2.75) is 18.2 Å². The van der Waals surface area contributed by atoms with Crippen LogP contribution in [0, 0.1) is 5.92 Å². The molecule has 0 fully saturated rings. The molecule has 0 aromatic carbocycles. The summed E-state index contributed by atoms with van der Waals surface area (Å²) in [5, 5.41) is 8.77. The van der Waals surface area contributed by atoms with Crippen LogP contribution in [0.1, 0.15) is 13.3 Å². The molecule has 1 N–H and O–H groups in total. The largest absolute Gasteiger partial charge is 0.392 e. The molecule has 0 spiro atoms. The van der Waals surface area contributed by atoms with Gasteiger partial charge in [0.15, 0.2) is 0 Å². The van der Waals surface area contributed by atoms with Crippen molar-refractivity contribution < 1.29 is 5.11 Å². The highest BCUT2D eigenvalue weighted by Crippen LogP contribution is 2.29. The number of halogens is 1. The van der Waals surface area contributed by atoms with Gasteiger partial charge in [0.2, 0.25) is 0 Å². The fourth-order valence-electron chi connectivity index (χ4n) is 1.16. The highest BCUT2D eigenvalue weighted by atomic mass is 79.9. The third kappa shape index (κ3) is 1.55. The number of alkyl halides is 1. The standard InChI is InChI=1S/C7H11BrO/c1-5-2-7(8)3-6(5)4-9/h3,5,7,9H,2,4H2,1H3/t5-,7+/m0/s1. The normalized spacial score (nSPS) is 34.8. The molecule has 0 saturated carbocycles. The molecule has 0 bridgehead atoms. The van der Waals surface area contributed by atoms with Gasteiger partial charge in [-0.2, -0.15) is 0 Å². The van der Waals surface area contributed by atoms with E-state index in [2.05, 4.69) is 28.9 Å². The molecule has 1 nitrogen and oxygen atoms in total. The van der Waals surface area contributed by atoms with Crippen molar-refractivity contribution in [2.75, 3.05) is 6.61 Å². The minimum absolute atomic E-state index is 0.225. The molecule has 0 aromatic rings. The van der Waals surface area contributed by atoms with Gasteiger partial charge < -0.3 is 5.11 Å². The Balaban J connectivity index is 2.57. The van der Waals surface area contributed by atoms with Gasteiger partial charge in [0, 0.05) is 4.83 Å². The molecule has 0 aromatic heterocycles. The summed E-state index contributed by atoms with van der Waals surface area (Å²) in [5.74, 6) is 0.569. The van der Waals surface area contributed by atoms with E-state index in [1.165, 1.54) is 5.57 Å². The molecule has 1 aliphatic rings. The molecule has 9 heavy (non-hydrogen) atoms. The van der Waals surface area contributed by atoms with Gasteiger partial charge >= 0.3 is 0 Å². The minimum Gasteiger partial charge on any atom is -0.392 e. The maximum atomic E-state index is 8.77. The maximum Gasteiger partial charge on any atom is 0.0644 e. The second-order valence-electron chi connectivity index (χ2n) is 2.55. The molecule has 0 amide bonds. The van der Waals surface area contributed by atoms with Gasteiger partial charge in [-0.3, -0.25) is 0 Å². The van der Waals surface area contributed by atoms with Gasteiger partial charge in [0.1, 0.15) is 0 Å². The van der Waals surface area contributed by atoms with Crippen LogP contribution in [0.15, 0.2) is 11.6 Å². The van der Waals surface area contributed by atoms with Crippen molar-refractivity contribution in [1.82, 2.24) is 0 Å². The second kappa shape index (κ2) is 2.84. The summed E-state index contributed by atoms with van der Waals surface area (Å²) in [6.07, 6.45) is 3.24. The second-order valence-corrected chi connectivity index (χ2v) is 3.73. The summed E-state index contributed by atoms with van der Waals surface area (Å²) in [6, 6.07) is 0. The van der Waals surface area contributed by atoms with Crippen LogP contribution in [0.3, 0.4) is 0 Å². The Bertz CT molecular complexity index is 131. The molecule has 0 aliphatic heterocycles. The van der Waals surface area contributed by atoms with E-state index in [9.17, 15) is 0 Å². The Morgan fingerprint density at radius 1 is 1.89 bits per heavy atom. The van der Waals surface area contributed by atoms with Crippen molar-refractivity contribution in [3.05, 3.63) is 11.6 Å². The van der Waals surface area contributed by atoms with Crippen LogP contribution in [0.5, 0.6) is 0 Å². The average Bonchev–Trinajstić information content (AvgIpc) is 2.10. The Morgan fingerprint density at radius 3 is 2.78 bits per heavy atom. The Kier molecular flexibility index (Phi) is 2.30. The summed E-state index contributed by atoms with van der Waals surface area (Å²) in [6.45, 7) is 2.37. The topological polar surface area (TPSA) is 20.2 Å². The molecule has 52 valence electrons. The fraction of sp³-hybridized carbons (Fsp3) is 0.714. The number of rotatable bonds is 1. The lowest BCUT2D eigenvalue weighted by molar-refractivity contribution is 0.318. The smallest absolute Gasteiger partial charge is 0.0644 e. The van der Waals surface area contributed by atoms with Gasteiger partial charge in [-0.15, -0.1) is 0 Å². The number of aliphatic hydroxyl groups is 1. The number of aliphatic hydroxyl groups excluding tert-OH is 1. The highest BCUT2D eigenvalue weighted by molar-refractivity contribution is 9.09. The van der Waals surface area contributed by atoms with E-state index in [0.717, 1.165) is 6.42 Å². The van der Waals surface area contributed by atoms with Crippen molar-refractivity contribution in [3.63, 3.8) is 0 Å². The van der Waals surface area contributed by atoms with E-state index < -0.39 is 0 Å². The molecular formula is C7H11BrO. The molecule has 0 saturated heterocycles. The quantitative estimate of drug-likeness (QED) is 0.494. The molecule has 1 rings (SSSR count). The van der Waals surface area contributed by atoms with E-state index in [4.69, 9.17) is 5.11 Å². The number of hydrogen-bond acceptors (Lipinski definition) is 1. The van der Waals surface area contributed by atoms with Crippen molar-refractivity contribution in [1.29, 1.82) is 0 Å². The first-order chi connectivity index (χ1) is 4.24. The van der Waals surface area contributed by atoms with Crippen LogP contribution >= 0.6 is 15.9 Å². The predicted molar refractivity (Wildman–Crippen MR) is 41.7 cm³/mol. The van der Waals surface area contributed by atoms with Crippen LogP contribution in [0.4, 0.5) is 0 Å². The van der Waals surface area contributed by atoms with Crippen LogP contribution in [-0.2, 0) is 0 Å². The first kappa shape index (κ1) is 7.29. The minimum atomic E-state index is 0.225. The first-order valence-corrected chi connectivity index (χ1v) is 4.11. The summed E-state index contributed by atoms with van der Waals surface area (Å²) < 4.78 is 0. The zero-order valence-electron chi connectivity index (χ0n) is 5.47. The molecule has 0 unspecified atom stereocenters.